The van der Waals surface area contributed by atoms with Gasteiger partial charge in [-0.3, -0.25) is 8.97 Å². The highest BCUT2D eigenvalue weighted by Gasteiger charge is 2.24. The van der Waals surface area contributed by atoms with E-state index in [1.54, 1.807) is 7.11 Å². The van der Waals surface area contributed by atoms with Crippen molar-refractivity contribution in [2.45, 2.75) is 13.0 Å². The van der Waals surface area contributed by atoms with Gasteiger partial charge in [-0.15, -0.1) is 0 Å². The van der Waals surface area contributed by atoms with Gasteiger partial charge in [0, 0.05) is 11.6 Å². The number of aromatic nitrogens is 3. The molecule has 0 saturated heterocycles. The molecule has 0 aliphatic heterocycles. The maximum absolute atomic E-state index is 12.2. The summed E-state index contributed by atoms with van der Waals surface area (Å²) in [4.78, 5) is 16.8. The maximum atomic E-state index is 12.2. The van der Waals surface area contributed by atoms with Crippen LogP contribution in [-0.2, 0) is 9.53 Å². The van der Waals surface area contributed by atoms with Crippen molar-refractivity contribution in [3.8, 4) is 17.0 Å². The van der Waals surface area contributed by atoms with E-state index in [9.17, 15) is 4.79 Å². The summed E-state index contributed by atoms with van der Waals surface area (Å²) in [5, 5.41) is 0. The minimum atomic E-state index is -0.516. The minimum absolute atomic E-state index is 0.323. The van der Waals surface area contributed by atoms with Gasteiger partial charge in [-0.25, -0.2) is 9.78 Å². The number of fused-ring (bicyclic) bond motifs is 3. The third kappa shape index (κ3) is 2.34. The Balaban J connectivity index is 2.08. The Bertz CT molecular complexity index is 1100. The minimum Gasteiger partial charge on any atom is -0.497 e. The van der Waals surface area contributed by atoms with Crippen LogP contribution in [0.2, 0.25) is 0 Å². The van der Waals surface area contributed by atoms with Crippen molar-refractivity contribution in [2.75, 3.05) is 14.2 Å². The third-order valence-electron chi connectivity index (χ3n) is 4.64. The molecule has 0 bridgehead atoms. The van der Waals surface area contributed by atoms with Crippen LogP contribution in [0.25, 0.3) is 28.1 Å². The van der Waals surface area contributed by atoms with E-state index < -0.39 is 6.04 Å². The van der Waals surface area contributed by atoms with Crippen LogP contribution in [0.15, 0.2) is 54.7 Å². The van der Waals surface area contributed by atoms with Crippen molar-refractivity contribution in [3.05, 3.63) is 54.7 Å². The van der Waals surface area contributed by atoms with Gasteiger partial charge in [0.25, 0.3) is 0 Å². The number of carbonyl (C=O) groups is 1. The first-order chi connectivity index (χ1) is 12.7. The average Bonchev–Trinajstić information content (AvgIpc) is 3.24. The molecule has 4 aromatic rings. The molecule has 0 spiro atoms. The largest absolute Gasteiger partial charge is 0.497 e. The van der Waals surface area contributed by atoms with Crippen LogP contribution in [0.1, 0.15) is 13.0 Å². The van der Waals surface area contributed by atoms with E-state index in [0.29, 0.717) is 5.78 Å². The van der Waals surface area contributed by atoms with Crippen LogP contribution < -0.4 is 4.74 Å². The number of carbonyl (C=O) groups excluding carboxylic acids is 1. The second-order valence-electron chi connectivity index (χ2n) is 6.07. The fourth-order valence-corrected chi connectivity index (χ4v) is 3.34. The van der Waals surface area contributed by atoms with Gasteiger partial charge >= 0.3 is 5.97 Å². The molecule has 2 aromatic carbocycles. The highest BCUT2D eigenvalue weighted by atomic mass is 16.5. The van der Waals surface area contributed by atoms with Gasteiger partial charge in [-0.1, -0.05) is 30.3 Å². The van der Waals surface area contributed by atoms with Crippen molar-refractivity contribution in [2.24, 2.45) is 0 Å². The zero-order valence-corrected chi connectivity index (χ0v) is 14.8. The van der Waals surface area contributed by atoms with E-state index in [2.05, 4.69) is 9.38 Å². The number of esters is 1. The van der Waals surface area contributed by atoms with Crippen molar-refractivity contribution >= 4 is 22.8 Å². The number of imidazole rings is 2. The molecular formula is C20H19N3O3. The van der Waals surface area contributed by atoms with E-state index in [-0.39, 0.29) is 5.97 Å². The Hall–Kier alpha value is -3.28. The summed E-state index contributed by atoms with van der Waals surface area (Å²) >= 11 is 0. The SMILES string of the molecule is COC(=O)C(C)n1c2cc(OC)ccc2n2c(-c3ccccc3)cnc12. The summed E-state index contributed by atoms with van der Waals surface area (Å²) in [6.07, 6.45) is 1.83. The number of benzene rings is 2. The molecule has 0 amide bonds. The topological polar surface area (TPSA) is 57.8 Å². The molecular weight excluding hydrogens is 330 g/mol. The molecule has 132 valence electrons. The summed E-state index contributed by atoms with van der Waals surface area (Å²) < 4.78 is 14.3. The fourth-order valence-electron chi connectivity index (χ4n) is 3.34. The predicted octanol–water partition coefficient (Wildman–Crippen LogP) is 3.70. The Morgan fingerprint density at radius 2 is 1.85 bits per heavy atom. The zero-order chi connectivity index (χ0) is 18.3. The van der Waals surface area contributed by atoms with Crippen molar-refractivity contribution in [1.29, 1.82) is 0 Å². The number of ether oxygens (including phenoxy) is 2. The Morgan fingerprint density at radius 3 is 2.54 bits per heavy atom. The smallest absolute Gasteiger partial charge is 0.328 e. The fraction of sp³-hybridized carbons (Fsp3) is 0.200. The van der Waals surface area contributed by atoms with Crippen molar-refractivity contribution in [3.63, 3.8) is 0 Å². The van der Waals surface area contributed by atoms with Gasteiger partial charge < -0.3 is 9.47 Å². The molecule has 0 saturated carbocycles. The first-order valence-corrected chi connectivity index (χ1v) is 8.34. The van der Waals surface area contributed by atoms with E-state index in [1.807, 2.05) is 66.2 Å². The quantitative estimate of drug-likeness (QED) is 0.527. The van der Waals surface area contributed by atoms with Crippen LogP contribution in [0.3, 0.4) is 0 Å². The highest BCUT2D eigenvalue weighted by molar-refractivity contribution is 5.88. The zero-order valence-electron chi connectivity index (χ0n) is 14.8. The predicted molar refractivity (Wildman–Crippen MR) is 99.4 cm³/mol. The van der Waals surface area contributed by atoms with Crippen LogP contribution in [0.4, 0.5) is 0 Å². The Morgan fingerprint density at radius 1 is 1.08 bits per heavy atom. The molecule has 26 heavy (non-hydrogen) atoms. The molecule has 2 heterocycles. The average molecular weight is 349 g/mol. The van der Waals surface area contributed by atoms with Crippen LogP contribution in [-0.4, -0.2) is 34.1 Å². The van der Waals surface area contributed by atoms with Crippen molar-refractivity contribution in [1.82, 2.24) is 14.0 Å². The van der Waals surface area contributed by atoms with Crippen LogP contribution >= 0.6 is 0 Å². The molecule has 6 nitrogen and oxygen atoms in total. The van der Waals surface area contributed by atoms with Gasteiger partial charge in [-0.05, 0) is 19.1 Å². The summed E-state index contributed by atoms with van der Waals surface area (Å²) in [6, 6.07) is 15.3. The molecule has 0 N–H and O–H groups in total. The third-order valence-corrected chi connectivity index (χ3v) is 4.64. The second kappa shape index (κ2) is 6.22. The Kier molecular flexibility index (Phi) is 3.88. The van der Waals surface area contributed by atoms with E-state index in [0.717, 1.165) is 28.0 Å². The van der Waals surface area contributed by atoms with Crippen LogP contribution in [0, 0.1) is 0 Å². The number of hydrogen-bond donors (Lipinski definition) is 0. The van der Waals surface area contributed by atoms with Gasteiger partial charge in [0.1, 0.15) is 11.8 Å². The lowest BCUT2D eigenvalue weighted by atomic mass is 10.2. The number of nitrogens with zero attached hydrogens (tertiary/aromatic N) is 3. The lowest BCUT2D eigenvalue weighted by molar-refractivity contribution is -0.143. The standard InChI is InChI=1S/C20H19N3O3/c1-13(19(24)26-3)22-17-11-15(25-2)9-10-16(17)23-18(12-21-20(22)23)14-7-5-4-6-8-14/h4-13H,1-3H3. The maximum Gasteiger partial charge on any atom is 0.328 e. The summed E-state index contributed by atoms with van der Waals surface area (Å²) in [6.45, 7) is 1.81. The van der Waals surface area contributed by atoms with E-state index >= 15 is 0 Å². The molecule has 6 heteroatoms. The monoisotopic (exact) mass is 349 g/mol. The Labute approximate surface area is 150 Å². The van der Waals surface area contributed by atoms with Gasteiger partial charge in [-0.2, -0.15) is 0 Å². The molecule has 0 aliphatic carbocycles. The molecule has 1 unspecified atom stereocenters. The molecule has 0 aliphatic rings. The van der Waals surface area contributed by atoms with E-state index in [1.165, 1.54) is 7.11 Å². The molecule has 4 rings (SSSR count). The molecule has 1 atom stereocenters. The highest BCUT2D eigenvalue weighted by Crippen LogP contribution is 2.32. The second-order valence-corrected chi connectivity index (χ2v) is 6.07. The lowest BCUT2D eigenvalue weighted by Gasteiger charge is -2.12. The first-order valence-electron chi connectivity index (χ1n) is 8.34. The van der Waals surface area contributed by atoms with Crippen molar-refractivity contribution < 1.29 is 14.3 Å². The molecule has 0 fully saturated rings. The number of methoxy groups -OCH3 is 2. The van der Waals surface area contributed by atoms with Crippen LogP contribution in [0.5, 0.6) is 5.75 Å². The van der Waals surface area contributed by atoms with Gasteiger partial charge in [0.05, 0.1) is 37.1 Å². The summed E-state index contributed by atoms with van der Waals surface area (Å²) in [7, 11) is 3.02. The molecule has 2 aromatic heterocycles. The van der Waals surface area contributed by atoms with Gasteiger partial charge in [0.2, 0.25) is 5.78 Å². The summed E-state index contributed by atoms with van der Waals surface area (Å²) in [5.41, 5.74) is 3.84. The molecule has 0 radical (unpaired) electrons. The normalized spacial score (nSPS) is 12.4. The summed E-state index contributed by atoms with van der Waals surface area (Å²) in [5.74, 6) is 1.08. The van der Waals surface area contributed by atoms with E-state index in [4.69, 9.17) is 9.47 Å². The number of rotatable bonds is 4. The van der Waals surface area contributed by atoms with Gasteiger partial charge in [0.15, 0.2) is 0 Å². The number of hydrogen-bond acceptors (Lipinski definition) is 4. The lowest BCUT2D eigenvalue weighted by Crippen LogP contribution is -2.17. The first kappa shape index (κ1) is 16.2.